The van der Waals surface area contributed by atoms with Crippen LogP contribution in [-0.2, 0) is 0 Å². The van der Waals surface area contributed by atoms with E-state index in [1.165, 1.54) is 6.20 Å². The average molecular weight is 306 g/mol. The number of carbonyl (C=O) groups excluding carboxylic acids is 1. The first-order valence-corrected chi connectivity index (χ1v) is 6.85. The number of aromatic nitrogens is 1. The number of rotatable bonds is 4. The molecule has 1 heterocycles. The number of ether oxygens (including phenoxy) is 1. The number of pyridine rings is 1. The van der Waals surface area contributed by atoms with Crippen LogP contribution < -0.4 is 15.8 Å². The molecule has 1 aromatic heterocycles. The van der Waals surface area contributed by atoms with Crippen LogP contribution in [0, 0.1) is 6.92 Å². The molecule has 0 fully saturated rings. The van der Waals surface area contributed by atoms with Gasteiger partial charge in [-0.1, -0.05) is 17.7 Å². The second kappa shape index (κ2) is 6.45. The molecule has 0 spiro atoms. The molecule has 110 valence electrons. The van der Waals surface area contributed by atoms with E-state index < -0.39 is 0 Å². The van der Waals surface area contributed by atoms with Crippen molar-refractivity contribution in [2.24, 2.45) is 0 Å². The first kappa shape index (κ1) is 15.1. The molecule has 0 bridgehead atoms. The highest BCUT2D eigenvalue weighted by atomic mass is 35.5. The third kappa shape index (κ3) is 3.44. The van der Waals surface area contributed by atoms with Crippen LogP contribution in [0.2, 0.25) is 5.15 Å². The molecular weight excluding hydrogens is 290 g/mol. The summed E-state index contributed by atoms with van der Waals surface area (Å²) < 4.78 is 5.45. The third-order valence-corrected chi connectivity index (χ3v) is 3.25. The van der Waals surface area contributed by atoms with Gasteiger partial charge in [-0.3, -0.25) is 4.79 Å². The number of benzene rings is 1. The Kier molecular flexibility index (Phi) is 4.65. The predicted molar refractivity (Wildman–Crippen MR) is 84.0 cm³/mol. The largest absolute Gasteiger partial charge is 0.491 e. The topological polar surface area (TPSA) is 77.2 Å². The molecule has 21 heavy (non-hydrogen) atoms. The molecule has 0 saturated heterocycles. The van der Waals surface area contributed by atoms with Crippen molar-refractivity contribution in [1.29, 1.82) is 0 Å². The maximum Gasteiger partial charge on any atom is 0.259 e. The van der Waals surface area contributed by atoms with E-state index in [1.807, 2.05) is 13.8 Å². The molecule has 1 amide bonds. The lowest BCUT2D eigenvalue weighted by atomic mass is 10.1. The number of nitrogen functional groups attached to an aromatic ring is 1. The maximum absolute atomic E-state index is 12.4. The molecule has 1 aromatic carbocycles. The smallest absolute Gasteiger partial charge is 0.259 e. The number of aryl methyl sites for hydroxylation is 1. The second-order valence-electron chi connectivity index (χ2n) is 4.44. The van der Waals surface area contributed by atoms with Gasteiger partial charge in [-0.15, -0.1) is 0 Å². The number of carbonyl (C=O) groups is 1. The van der Waals surface area contributed by atoms with Gasteiger partial charge < -0.3 is 15.8 Å². The van der Waals surface area contributed by atoms with E-state index in [2.05, 4.69) is 10.3 Å². The Balaban J connectivity index is 2.28. The first-order valence-electron chi connectivity index (χ1n) is 6.47. The number of nitrogens with one attached hydrogen (secondary N) is 1. The number of nitrogens with zero attached hydrogens (tertiary/aromatic N) is 1. The monoisotopic (exact) mass is 305 g/mol. The lowest BCUT2D eigenvalue weighted by Crippen LogP contribution is -2.15. The van der Waals surface area contributed by atoms with Crippen molar-refractivity contribution >= 4 is 28.9 Å². The summed E-state index contributed by atoms with van der Waals surface area (Å²) in [5.41, 5.74) is 8.00. The van der Waals surface area contributed by atoms with Gasteiger partial charge in [0, 0.05) is 0 Å². The molecule has 6 heteroatoms. The van der Waals surface area contributed by atoms with E-state index in [1.54, 1.807) is 24.3 Å². The molecule has 0 aliphatic carbocycles. The van der Waals surface area contributed by atoms with Gasteiger partial charge in [-0.2, -0.15) is 0 Å². The van der Waals surface area contributed by atoms with Crippen molar-refractivity contribution in [2.45, 2.75) is 13.8 Å². The second-order valence-corrected chi connectivity index (χ2v) is 4.80. The summed E-state index contributed by atoms with van der Waals surface area (Å²) in [6.45, 7) is 4.08. The van der Waals surface area contributed by atoms with Crippen LogP contribution in [0.25, 0.3) is 0 Å². The van der Waals surface area contributed by atoms with E-state index in [0.717, 1.165) is 5.56 Å². The molecule has 0 unspecified atom stereocenters. The lowest BCUT2D eigenvalue weighted by Gasteiger charge is -2.13. The van der Waals surface area contributed by atoms with Crippen LogP contribution >= 0.6 is 11.6 Å². The van der Waals surface area contributed by atoms with E-state index >= 15 is 0 Å². The molecular formula is C15H16ClN3O2. The Morgan fingerprint density at radius 3 is 2.90 bits per heavy atom. The number of para-hydroxylation sites is 1. The summed E-state index contributed by atoms with van der Waals surface area (Å²) in [6.07, 6.45) is 1.50. The van der Waals surface area contributed by atoms with Crippen molar-refractivity contribution in [1.82, 2.24) is 4.98 Å². The highest BCUT2D eigenvalue weighted by Gasteiger charge is 2.15. The lowest BCUT2D eigenvalue weighted by molar-refractivity contribution is 0.102. The van der Waals surface area contributed by atoms with Crippen LogP contribution in [0.4, 0.5) is 11.4 Å². The van der Waals surface area contributed by atoms with Gasteiger partial charge in [0.25, 0.3) is 5.91 Å². The molecule has 2 aromatic rings. The normalized spacial score (nSPS) is 10.2. The summed E-state index contributed by atoms with van der Waals surface area (Å²) in [5, 5.41) is 3.17. The number of anilines is 2. The van der Waals surface area contributed by atoms with Crippen molar-refractivity contribution in [2.75, 3.05) is 17.7 Å². The zero-order valence-corrected chi connectivity index (χ0v) is 12.6. The van der Waals surface area contributed by atoms with Gasteiger partial charge in [0.2, 0.25) is 0 Å². The van der Waals surface area contributed by atoms with Gasteiger partial charge in [0.1, 0.15) is 5.15 Å². The van der Waals surface area contributed by atoms with E-state index in [-0.39, 0.29) is 5.91 Å². The molecule has 0 atom stereocenters. The average Bonchev–Trinajstić information content (AvgIpc) is 2.45. The van der Waals surface area contributed by atoms with Crippen molar-refractivity contribution in [3.8, 4) is 5.75 Å². The zero-order valence-electron chi connectivity index (χ0n) is 11.8. The van der Waals surface area contributed by atoms with E-state index in [4.69, 9.17) is 22.1 Å². The number of nitrogens with two attached hydrogens (primary N) is 1. The van der Waals surface area contributed by atoms with Crippen LogP contribution in [0.15, 0.2) is 30.5 Å². The molecule has 0 aliphatic heterocycles. The Hall–Kier alpha value is -2.27. The summed E-state index contributed by atoms with van der Waals surface area (Å²) in [6, 6.07) is 6.81. The van der Waals surface area contributed by atoms with Crippen LogP contribution in [0.1, 0.15) is 22.8 Å². The SMILES string of the molecule is CCOc1c(N)cccc1C(=O)Nc1cnc(Cl)c(C)c1. The number of halogens is 1. The fourth-order valence-electron chi connectivity index (χ4n) is 1.86. The maximum atomic E-state index is 12.4. The fourth-order valence-corrected chi connectivity index (χ4v) is 1.97. The van der Waals surface area contributed by atoms with E-state index in [9.17, 15) is 4.79 Å². The minimum atomic E-state index is -0.311. The molecule has 0 radical (unpaired) electrons. The summed E-state index contributed by atoms with van der Waals surface area (Å²) in [4.78, 5) is 16.3. The first-order chi connectivity index (χ1) is 10.0. The molecule has 2 rings (SSSR count). The minimum absolute atomic E-state index is 0.311. The number of amides is 1. The quantitative estimate of drug-likeness (QED) is 0.671. The molecule has 3 N–H and O–H groups in total. The highest BCUT2D eigenvalue weighted by molar-refractivity contribution is 6.30. The summed E-state index contributed by atoms with van der Waals surface area (Å²) in [7, 11) is 0. The molecule has 0 aliphatic rings. The highest BCUT2D eigenvalue weighted by Crippen LogP contribution is 2.27. The van der Waals surface area contributed by atoms with Gasteiger partial charge in [-0.05, 0) is 37.6 Å². The summed E-state index contributed by atoms with van der Waals surface area (Å²) >= 11 is 5.86. The van der Waals surface area contributed by atoms with Crippen molar-refractivity contribution in [3.05, 3.63) is 46.7 Å². The molecule has 5 nitrogen and oxygen atoms in total. The Labute approximate surface area is 128 Å². The minimum Gasteiger partial charge on any atom is -0.491 e. The van der Waals surface area contributed by atoms with E-state index in [0.29, 0.717) is 34.4 Å². The van der Waals surface area contributed by atoms with Crippen LogP contribution in [-0.4, -0.2) is 17.5 Å². The third-order valence-electron chi connectivity index (χ3n) is 2.85. The number of hydrogen-bond acceptors (Lipinski definition) is 4. The van der Waals surface area contributed by atoms with Gasteiger partial charge in [0.15, 0.2) is 5.75 Å². The van der Waals surface area contributed by atoms with Gasteiger partial charge >= 0.3 is 0 Å². The standard InChI is InChI=1S/C15H16ClN3O2/c1-3-21-13-11(5-4-6-12(13)17)15(20)19-10-7-9(2)14(16)18-8-10/h4-8H,3,17H2,1-2H3,(H,19,20). The van der Waals surface area contributed by atoms with Crippen LogP contribution in [0.5, 0.6) is 5.75 Å². The fraction of sp³-hybridized carbons (Fsp3) is 0.200. The summed E-state index contributed by atoms with van der Waals surface area (Å²) in [5.74, 6) is 0.0745. The van der Waals surface area contributed by atoms with Crippen molar-refractivity contribution in [3.63, 3.8) is 0 Å². The Morgan fingerprint density at radius 1 is 1.48 bits per heavy atom. The van der Waals surface area contributed by atoms with Gasteiger partial charge in [-0.25, -0.2) is 4.98 Å². The van der Waals surface area contributed by atoms with Crippen LogP contribution in [0.3, 0.4) is 0 Å². The van der Waals surface area contributed by atoms with Crippen molar-refractivity contribution < 1.29 is 9.53 Å². The molecule has 0 saturated carbocycles. The Bertz CT molecular complexity index is 674. The predicted octanol–water partition coefficient (Wildman–Crippen LogP) is 3.28. The van der Waals surface area contributed by atoms with Gasteiger partial charge in [0.05, 0.1) is 29.7 Å². The zero-order chi connectivity index (χ0) is 15.4. The Morgan fingerprint density at radius 2 is 2.24 bits per heavy atom. The number of hydrogen-bond donors (Lipinski definition) is 2.